The van der Waals surface area contributed by atoms with E-state index in [1.807, 2.05) is 13.8 Å². The summed E-state index contributed by atoms with van der Waals surface area (Å²) in [6.07, 6.45) is -1.53. The summed E-state index contributed by atoms with van der Waals surface area (Å²) in [5.41, 5.74) is 0. The van der Waals surface area contributed by atoms with Crippen molar-refractivity contribution in [3.8, 4) is 0 Å². The van der Waals surface area contributed by atoms with Gasteiger partial charge in [0.25, 0.3) is 0 Å². The van der Waals surface area contributed by atoms with Gasteiger partial charge in [-0.1, -0.05) is 13.8 Å². The van der Waals surface area contributed by atoms with Crippen molar-refractivity contribution in [1.82, 2.24) is 16.0 Å². The fourth-order valence-electron chi connectivity index (χ4n) is 2.26. The molecule has 2 atom stereocenters. The third-order valence-corrected chi connectivity index (χ3v) is 4.77. The van der Waals surface area contributed by atoms with Crippen LogP contribution in [0.15, 0.2) is 0 Å². The summed E-state index contributed by atoms with van der Waals surface area (Å²) in [6.45, 7) is 6.04. The molecule has 0 aliphatic heterocycles. The predicted octanol–water partition coefficient (Wildman–Crippen LogP) is -0.138. The highest BCUT2D eigenvalue weighted by Crippen LogP contribution is 2.43. The van der Waals surface area contributed by atoms with E-state index in [-0.39, 0.29) is 45.5 Å². The maximum Gasteiger partial charge on any atom is 0.472 e. The molecule has 0 saturated carbocycles. The lowest BCUT2D eigenvalue weighted by Gasteiger charge is -2.18. The predicted molar refractivity (Wildman–Crippen MR) is 125 cm³/mol. The molecule has 0 radical (unpaired) electrons. The van der Waals surface area contributed by atoms with E-state index in [1.54, 1.807) is 0 Å². The van der Waals surface area contributed by atoms with Gasteiger partial charge < -0.3 is 39.8 Å². The molecule has 0 heterocycles. The number of amides is 2. The third-order valence-electron chi connectivity index (χ3n) is 3.79. The lowest BCUT2D eigenvalue weighted by Crippen LogP contribution is -2.32. The van der Waals surface area contributed by atoms with Crippen LogP contribution in [0.5, 0.6) is 0 Å². The highest BCUT2D eigenvalue weighted by Gasteiger charge is 2.25. The van der Waals surface area contributed by atoms with Gasteiger partial charge in [-0.25, -0.2) is 9.36 Å². The molecule has 36 heavy (non-hydrogen) atoms. The Morgan fingerprint density at radius 1 is 0.833 bits per heavy atom. The molecule has 16 heteroatoms. The monoisotopic (exact) mass is 543 g/mol. The van der Waals surface area contributed by atoms with Crippen LogP contribution in [-0.2, 0) is 46.9 Å². The topological polar surface area (TPSA) is 197 Å². The first-order valence-electron chi connectivity index (χ1n) is 11.3. The summed E-state index contributed by atoms with van der Waals surface area (Å²) < 4.78 is 40.9. The Kier molecular flexibility index (Phi) is 18.6. The molecule has 1 unspecified atom stereocenters. The molecular weight excluding hydrogens is 505 g/mol. The smallest absolute Gasteiger partial charge is 0.462 e. The molecular formula is C20H38N3O12P. The number of carbonyl (C=O) groups excluding carboxylic acids is 4. The highest BCUT2D eigenvalue weighted by molar-refractivity contribution is 7.47. The van der Waals surface area contributed by atoms with Crippen LogP contribution in [0.2, 0.25) is 0 Å². The second-order valence-corrected chi connectivity index (χ2v) is 8.97. The Labute approximate surface area is 210 Å². The summed E-state index contributed by atoms with van der Waals surface area (Å²) in [5.74, 6) is -1.42. The largest absolute Gasteiger partial charge is 0.472 e. The van der Waals surface area contributed by atoms with E-state index in [1.165, 1.54) is 0 Å². The summed E-state index contributed by atoms with van der Waals surface area (Å²) in [6, 6.07) is 0.315. The zero-order valence-electron chi connectivity index (χ0n) is 21.1. The molecule has 2 amide bonds. The number of phosphoric acid groups is 1. The summed E-state index contributed by atoms with van der Waals surface area (Å²) >= 11 is 0. The van der Waals surface area contributed by atoms with Gasteiger partial charge in [0, 0.05) is 45.9 Å². The Morgan fingerprint density at radius 3 is 2.17 bits per heavy atom. The van der Waals surface area contributed by atoms with E-state index in [0.717, 1.165) is 13.8 Å². The van der Waals surface area contributed by atoms with Crippen LogP contribution in [0.25, 0.3) is 0 Å². The number of carbonyl (C=O) groups is 4. The van der Waals surface area contributed by atoms with Gasteiger partial charge in [0.15, 0.2) is 6.10 Å². The molecule has 0 aromatic carbocycles. The number of nitrogens with one attached hydrogen (secondary N) is 3. The van der Waals surface area contributed by atoms with Crippen LogP contribution in [0.1, 0.15) is 34.1 Å². The first kappa shape index (κ1) is 33.7. The molecule has 4 N–H and O–H groups in total. The van der Waals surface area contributed by atoms with E-state index < -0.39 is 38.6 Å². The number of phosphoric ester groups is 1. The van der Waals surface area contributed by atoms with Gasteiger partial charge in [0.1, 0.15) is 13.2 Å². The van der Waals surface area contributed by atoms with Crippen molar-refractivity contribution < 1.29 is 56.6 Å². The van der Waals surface area contributed by atoms with Gasteiger partial charge in [-0.05, 0) is 0 Å². The molecule has 0 rings (SSSR count). The third kappa shape index (κ3) is 22.2. The van der Waals surface area contributed by atoms with E-state index >= 15 is 0 Å². The fourth-order valence-corrected chi connectivity index (χ4v) is 3.01. The lowest BCUT2D eigenvalue weighted by molar-refractivity contribution is -0.158. The fraction of sp³-hybridized carbons (Fsp3) is 0.800. The molecule has 15 nitrogen and oxygen atoms in total. The van der Waals surface area contributed by atoms with Crippen LogP contribution in [-0.4, -0.2) is 100 Å². The molecule has 0 bridgehead atoms. The first-order valence-corrected chi connectivity index (χ1v) is 12.8. The normalized spacial score (nSPS) is 13.4. The number of rotatable bonds is 20. The number of hydrogen-bond acceptors (Lipinski definition) is 12. The van der Waals surface area contributed by atoms with E-state index in [4.69, 9.17) is 23.3 Å². The average Bonchev–Trinajstić information content (AvgIpc) is 2.77. The average molecular weight is 544 g/mol. The minimum absolute atomic E-state index is 0.0412. The molecule has 0 aromatic heterocycles. The van der Waals surface area contributed by atoms with Crippen molar-refractivity contribution >= 4 is 31.8 Å². The van der Waals surface area contributed by atoms with Crippen LogP contribution in [0.4, 0.5) is 4.79 Å². The second kappa shape index (κ2) is 19.8. The molecule has 0 aromatic rings. The minimum Gasteiger partial charge on any atom is -0.462 e. The maximum atomic E-state index is 11.9. The van der Waals surface area contributed by atoms with E-state index in [0.29, 0.717) is 25.6 Å². The SMILES string of the molecule is CC(=O)OC[C@H](COP(=O)(O)OCCNC(=O)OCCOCCNC(=O)CCNC(C)C)OC(C)=O. The Bertz CT molecular complexity index is 722. The van der Waals surface area contributed by atoms with Crippen molar-refractivity contribution in [2.24, 2.45) is 0 Å². The van der Waals surface area contributed by atoms with Crippen molar-refractivity contribution in [3.05, 3.63) is 0 Å². The Balaban J connectivity index is 3.85. The van der Waals surface area contributed by atoms with Crippen molar-refractivity contribution in [3.63, 3.8) is 0 Å². The molecule has 0 fully saturated rings. The number of hydrogen-bond donors (Lipinski definition) is 4. The van der Waals surface area contributed by atoms with E-state index in [2.05, 4.69) is 20.7 Å². The summed E-state index contributed by atoms with van der Waals surface area (Å²) in [5, 5.41) is 8.15. The Hall–Kier alpha value is -2.29. The highest BCUT2D eigenvalue weighted by atomic mass is 31.2. The number of ether oxygens (including phenoxy) is 4. The quantitative estimate of drug-likeness (QED) is 0.0686. The van der Waals surface area contributed by atoms with Crippen molar-refractivity contribution in [1.29, 1.82) is 0 Å². The molecule has 210 valence electrons. The van der Waals surface area contributed by atoms with Crippen LogP contribution < -0.4 is 16.0 Å². The minimum atomic E-state index is -4.53. The van der Waals surface area contributed by atoms with Gasteiger partial charge in [-0.15, -0.1) is 0 Å². The van der Waals surface area contributed by atoms with Crippen molar-refractivity contribution in [2.45, 2.75) is 46.3 Å². The molecule has 0 saturated heterocycles. The first-order chi connectivity index (χ1) is 16.9. The van der Waals surface area contributed by atoms with Gasteiger partial charge in [-0.2, -0.15) is 0 Å². The summed E-state index contributed by atoms with van der Waals surface area (Å²) in [4.78, 5) is 54.7. The Morgan fingerprint density at radius 2 is 1.53 bits per heavy atom. The molecule has 0 spiro atoms. The molecule has 0 aliphatic carbocycles. The van der Waals surface area contributed by atoms with E-state index in [9.17, 15) is 28.6 Å². The van der Waals surface area contributed by atoms with Gasteiger partial charge >= 0.3 is 25.9 Å². The van der Waals surface area contributed by atoms with Gasteiger partial charge in [0.2, 0.25) is 5.91 Å². The second-order valence-electron chi connectivity index (χ2n) is 7.52. The zero-order chi connectivity index (χ0) is 27.4. The summed E-state index contributed by atoms with van der Waals surface area (Å²) in [7, 11) is -4.53. The van der Waals surface area contributed by atoms with Crippen molar-refractivity contribution in [2.75, 3.05) is 59.3 Å². The standard InChI is InChI=1S/C20H38N3O12P/c1-15(2)21-6-5-19(26)22-7-9-30-11-12-31-20(27)23-8-10-33-36(28,29)34-14-18(35-17(4)25)13-32-16(3)24/h15,18,21H,5-14H2,1-4H3,(H,22,26)(H,23,27)(H,28,29)/t18-/m1/s1. The van der Waals surface area contributed by atoms with Crippen LogP contribution in [0.3, 0.4) is 0 Å². The number of alkyl carbamates (subject to hydrolysis) is 1. The maximum absolute atomic E-state index is 11.9. The molecule has 0 aliphatic rings. The van der Waals surface area contributed by atoms with Crippen LogP contribution >= 0.6 is 7.82 Å². The van der Waals surface area contributed by atoms with Crippen LogP contribution in [0, 0.1) is 0 Å². The van der Waals surface area contributed by atoms with Gasteiger partial charge in [-0.3, -0.25) is 23.4 Å². The zero-order valence-corrected chi connectivity index (χ0v) is 22.0. The lowest BCUT2D eigenvalue weighted by atomic mass is 10.3. The van der Waals surface area contributed by atoms with Gasteiger partial charge in [0.05, 0.1) is 26.4 Å². The number of esters is 2.